The second kappa shape index (κ2) is 11.2. The molecule has 0 bridgehead atoms. The predicted octanol–water partition coefficient (Wildman–Crippen LogP) is 8.39. The maximum atomic E-state index is 13.5. The molecule has 0 unspecified atom stereocenters. The summed E-state index contributed by atoms with van der Waals surface area (Å²) < 4.78 is 46.2. The largest absolute Gasteiger partial charge is 0.457 e. The molecule has 1 N–H and O–H groups in total. The van der Waals surface area contributed by atoms with Gasteiger partial charge in [0.25, 0.3) is 0 Å². The summed E-state index contributed by atoms with van der Waals surface area (Å²) >= 11 is 5.92. The quantitative estimate of drug-likeness (QED) is 0.271. The van der Waals surface area contributed by atoms with Gasteiger partial charge in [-0.05, 0) is 59.7 Å². The fourth-order valence-electron chi connectivity index (χ4n) is 3.60. The number of anilines is 1. The van der Waals surface area contributed by atoms with Gasteiger partial charge in [0, 0.05) is 18.1 Å². The van der Waals surface area contributed by atoms with E-state index in [-0.39, 0.29) is 18.8 Å². The van der Waals surface area contributed by atoms with E-state index in [0.29, 0.717) is 16.5 Å². The molecule has 184 valence electrons. The number of hydrogen-bond acceptors (Lipinski definition) is 2. The van der Waals surface area contributed by atoms with Crippen LogP contribution in [-0.2, 0) is 19.3 Å². The van der Waals surface area contributed by atoms with E-state index >= 15 is 0 Å². The van der Waals surface area contributed by atoms with Gasteiger partial charge in [0.05, 0.1) is 11.3 Å². The van der Waals surface area contributed by atoms with Crippen LogP contribution in [0.1, 0.15) is 16.7 Å². The molecule has 4 aromatic rings. The minimum Gasteiger partial charge on any atom is -0.457 e. The lowest BCUT2D eigenvalue weighted by Crippen LogP contribution is -2.34. The molecule has 0 aliphatic carbocycles. The van der Waals surface area contributed by atoms with Crippen molar-refractivity contribution >= 4 is 23.3 Å². The van der Waals surface area contributed by atoms with Crippen molar-refractivity contribution in [3.63, 3.8) is 0 Å². The van der Waals surface area contributed by atoms with Crippen LogP contribution in [0.2, 0.25) is 5.02 Å². The number of amides is 2. The number of alkyl halides is 3. The first-order valence-electron chi connectivity index (χ1n) is 11.1. The Morgan fingerprint density at radius 2 is 1.42 bits per heavy atom. The van der Waals surface area contributed by atoms with Crippen LogP contribution in [0, 0.1) is 0 Å². The standard InChI is InChI=1S/C28H22ClF3N2O2/c29-22-13-15-23(16-14-22)36-24-10-6-9-21(17-24)19-34(18-20-7-2-1-3-8-20)27(35)33-26-12-5-4-11-25(26)28(30,31)32/h1-17H,18-19H2,(H,33,35). The van der Waals surface area contributed by atoms with Crippen LogP contribution in [0.4, 0.5) is 23.7 Å². The van der Waals surface area contributed by atoms with E-state index in [1.54, 1.807) is 42.5 Å². The molecule has 0 fully saturated rings. The number of ether oxygens (including phenoxy) is 1. The zero-order valence-electron chi connectivity index (χ0n) is 19.0. The van der Waals surface area contributed by atoms with Crippen molar-refractivity contribution in [3.8, 4) is 11.5 Å². The maximum Gasteiger partial charge on any atom is 0.418 e. The van der Waals surface area contributed by atoms with Crippen LogP contribution in [0.15, 0.2) is 103 Å². The second-order valence-electron chi connectivity index (χ2n) is 8.02. The molecule has 0 atom stereocenters. The average Bonchev–Trinajstić information content (AvgIpc) is 2.86. The molecule has 0 heterocycles. The molecule has 0 saturated heterocycles. The van der Waals surface area contributed by atoms with E-state index in [9.17, 15) is 18.0 Å². The Balaban J connectivity index is 1.57. The van der Waals surface area contributed by atoms with Gasteiger partial charge in [0.1, 0.15) is 11.5 Å². The number of hydrogen-bond donors (Lipinski definition) is 1. The van der Waals surface area contributed by atoms with E-state index in [1.165, 1.54) is 23.1 Å². The first kappa shape index (κ1) is 25.1. The Kier molecular flexibility index (Phi) is 7.80. The zero-order chi connectivity index (χ0) is 25.5. The molecule has 4 aromatic carbocycles. The lowest BCUT2D eigenvalue weighted by Gasteiger charge is -2.25. The van der Waals surface area contributed by atoms with Crippen molar-refractivity contribution in [2.24, 2.45) is 0 Å². The highest BCUT2D eigenvalue weighted by atomic mass is 35.5. The van der Waals surface area contributed by atoms with Crippen LogP contribution in [0.25, 0.3) is 0 Å². The van der Waals surface area contributed by atoms with E-state index in [0.717, 1.165) is 17.2 Å². The number of benzene rings is 4. The minimum atomic E-state index is -4.60. The summed E-state index contributed by atoms with van der Waals surface area (Å²) in [6.07, 6.45) is -4.60. The first-order chi connectivity index (χ1) is 17.3. The molecular weight excluding hydrogens is 489 g/mol. The van der Waals surface area contributed by atoms with Crippen molar-refractivity contribution in [2.75, 3.05) is 5.32 Å². The Hall–Kier alpha value is -3.97. The minimum absolute atomic E-state index is 0.146. The number of nitrogens with zero attached hydrogens (tertiary/aromatic N) is 1. The summed E-state index contributed by atoms with van der Waals surface area (Å²) in [4.78, 5) is 14.7. The predicted molar refractivity (Wildman–Crippen MR) is 134 cm³/mol. The van der Waals surface area contributed by atoms with Crippen LogP contribution >= 0.6 is 11.6 Å². The third-order valence-corrected chi connectivity index (χ3v) is 5.55. The second-order valence-corrected chi connectivity index (χ2v) is 8.45. The van der Waals surface area contributed by atoms with Gasteiger partial charge in [0.15, 0.2) is 0 Å². The van der Waals surface area contributed by atoms with Gasteiger partial charge in [0.2, 0.25) is 0 Å². The average molecular weight is 511 g/mol. The highest BCUT2D eigenvalue weighted by molar-refractivity contribution is 6.30. The summed E-state index contributed by atoms with van der Waals surface area (Å²) in [6.45, 7) is 0.343. The van der Waals surface area contributed by atoms with E-state index in [4.69, 9.17) is 16.3 Å². The van der Waals surface area contributed by atoms with Gasteiger partial charge in [-0.1, -0.05) is 66.2 Å². The fraction of sp³-hybridized carbons (Fsp3) is 0.107. The molecule has 8 heteroatoms. The molecule has 0 saturated carbocycles. The Bertz CT molecular complexity index is 1310. The fourth-order valence-corrected chi connectivity index (χ4v) is 3.73. The van der Waals surface area contributed by atoms with E-state index < -0.39 is 17.8 Å². The topological polar surface area (TPSA) is 41.6 Å². The van der Waals surface area contributed by atoms with Gasteiger partial charge in [-0.3, -0.25) is 0 Å². The van der Waals surface area contributed by atoms with Crippen molar-refractivity contribution in [3.05, 3.63) is 125 Å². The third kappa shape index (κ3) is 6.79. The molecule has 0 radical (unpaired) electrons. The molecular formula is C28H22ClF3N2O2. The number of para-hydroxylation sites is 1. The molecule has 2 amide bonds. The highest BCUT2D eigenvalue weighted by Crippen LogP contribution is 2.35. The van der Waals surface area contributed by atoms with Gasteiger partial charge in [-0.2, -0.15) is 13.2 Å². The lowest BCUT2D eigenvalue weighted by molar-refractivity contribution is -0.136. The smallest absolute Gasteiger partial charge is 0.418 e. The molecule has 0 aliphatic heterocycles. The summed E-state index contributed by atoms with van der Waals surface area (Å²) in [7, 11) is 0. The number of halogens is 4. The van der Waals surface area contributed by atoms with Crippen LogP contribution < -0.4 is 10.1 Å². The third-order valence-electron chi connectivity index (χ3n) is 5.30. The molecule has 0 spiro atoms. The maximum absolute atomic E-state index is 13.5. The number of carbonyl (C=O) groups excluding carboxylic acids is 1. The van der Waals surface area contributed by atoms with Gasteiger partial charge in [-0.15, -0.1) is 0 Å². The van der Waals surface area contributed by atoms with Crippen molar-refractivity contribution in [1.82, 2.24) is 4.90 Å². The highest BCUT2D eigenvalue weighted by Gasteiger charge is 2.34. The number of urea groups is 1. The number of carbonyl (C=O) groups is 1. The molecule has 0 aliphatic rings. The van der Waals surface area contributed by atoms with Crippen molar-refractivity contribution < 1.29 is 22.7 Å². The number of rotatable bonds is 7. The SMILES string of the molecule is O=C(Nc1ccccc1C(F)(F)F)N(Cc1ccccc1)Cc1cccc(Oc2ccc(Cl)cc2)c1. The monoisotopic (exact) mass is 510 g/mol. The van der Waals surface area contributed by atoms with Crippen LogP contribution in [-0.4, -0.2) is 10.9 Å². The summed E-state index contributed by atoms with van der Waals surface area (Å²) in [5.74, 6) is 1.15. The first-order valence-corrected chi connectivity index (χ1v) is 11.4. The number of nitrogens with one attached hydrogen (secondary N) is 1. The van der Waals surface area contributed by atoms with Gasteiger partial charge in [-0.25, -0.2) is 4.79 Å². The van der Waals surface area contributed by atoms with Crippen LogP contribution in [0.3, 0.4) is 0 Å². The molecule has 4 nitrogen and oxygen atoms in total. The van der Waals surface area contributed by atoms with Crippen molar-refractivity contribution in [1.29, 1.82) is 0 Å². The van der Waals surface area contributed by atoms with E-state index in [2.05, 4.69) is 5.32 Å². The Morgan fingerprint density at radius 1 is 0.778 bits per heavy atom. The summed E-state index contributed by atoms with van der Waals surface area (Å²) in [5, 5.41) is 3.03. The molecule has 36 heavy (non-hydrogen) atoms. The van der Waals surface area contributed by atoms with E-state index in [1.807, 2.05) is 36.4 Å². The molecule has 0 aromatic heterocycles. The summed E-state index contributed by atoms with van der Waals surface area (Å²) in [5.41, 5.74) is 0.381. The van der Waals surface area contributed by atoms with Crippen LogP contribution in [0.5, 0.6) is 11.5 Å². The normalized spacial score (nSPS) is 11.1. The van der Waals surface area contributed by atoms with Gasteiger partial charge >= 0.3 is 12.2 Å². The van der Waals surface area contributed by atoms with Gasteiger partial charge < -0.3 is 15.0 Å². The summed E-state index contributed by atoms with van der Waals surface area (Å²) in [6, 6.07) is 27.6. The lowest BCUT2D eigenvalue weighted by atomic mass is 10.1. The zero-order valence-corrected chi connectivity index (χ0v) is 19.8. The Morgan fingerprint density at radius 3 is 2.14 bits per heavy atom. The van der Waals surface area contributed by atoms with Crippen molar-refractivity contribution in [2.45, 2.75) is 19.3 Å². The molecule has 4 rings (SSSR count). The Labute approximate surface area is 211 Å².